The van der Waals surface area contributed by atoms with Crippen LogP contribution in [0.25, 0.3) is 0 Å². The lowest BCUT2D eigenvalue weighted by Crippen LogP contribution is -1.84. The van der Waals surface area contributed by atoms with Crippen LogP contribution in [0.2, 0.25) is 0 Å². The molecular weight excluding hydrogens is 152 g/mol. The SMILES string of the molecule is CCCc1cc(C)sc1CC. The van der Waals surface area contributed by atoms with E-state index in [-0.39, 0.29) is 0 Å². The molecule has 0 saturated heterocycles. The Hall–Kier alpha value is -0.300. The maximum absolute atomic E-state index is 2.34. The molecule has 62 valence electrons. The van der Waals surface area contributed by atoms with E-state index in [1.165, 1.54) is 24.1 Å². The van der Waals surface area contributed by atoms with Crippen molar-refractivity contribution in [2.24, 2.45) is 0 Å². The van der Waals surface area contributed by atoms with Gasteiger partial charge in [0.15, 0.2) is 0 Å². The largest absolute Gasteiger partial charge is 0.145 e. The molecule has 0 unspecified atom stereocenters. The van der Waals surface area contributed by atoms with Crippen LogP contribution in [-0.4, -0.2) is 0 Å². The van der Waals surface area contributed by atoms with Crippen molar-refractivity contribution in [1.29, 1.82) is 0 Å². The summed E-state index contributed by atoms with van der Waals surface area (Å²) < 4.78 is 0. The molecule has 0 saturated carbocycles. The van der Waals surface area contributed by atoms with E-state index in [1.807, 2.05) is 11.3 Å². The van der Waals surface area contributed by atoms with Gasteiger partial charge >= 0.3 is 0 Å². The first-order valence-corrected chi connectivity index (χ1v) is 5.17. The fourth-order valence-electron chi connectivity index (χ4n) is 1.40. The molecule has 1 aromatic rings. The van der Waals surface area contributed by atoms with Gasteiger partial charge in [-0.3, -0.25) is 0 Å². The van der Waals surface area contributed by atoms with Crippen LogP contribution in [0, 0.1) is 6.92 Å². The minimum absolute atomic E-state index is 1.20. The van der Waals surface area contributed by atoms with Gasteiger partial charge < -0.3 is 0 Å². The molecule has 0 aliphatic rings. The van der Waals surface area contributed by atoms with E-state index in [9.17, 15) is 0 Å². The normalized spacial score (nSPS) is 10.5. The smallest absolute Gasteiger partial charge is 0.00773 e. The summed E-state index contributed by atoms with van der Waals surface area (Å²) in [5.74, 6) is 0. The number of rotatable bonds is 3. The van der Waals surface area contributed by atoms with E-state index in [2.05, 4.69) is 26.8 Å². The van der Waals surface area contributed by atoms with Crippen molar-refractivity contribution in [3.63, 3.8) is 0 Å². The molecule has 0 bridgehead atoms. The van der Waals surface area contributed by atoms with Crippen LogP contribution in [-0.2, 0) is 12.8 Å². The third-order valence-electron chi connectivity index (χ3n) is 1.86. The highest BCUT2D eigenvalue weighted by Crippen LogP contribution is 2.23. The van der Waals surface area contributed by atoms with Gasteiger partial charge in [-0.2, -0.15) is 0 Å². The van der Waals surface area contributed by atoms with Crippen LogP contribution >= 0.6 is 11.3 Å². The number of thiophene rings is 1. The maximum Gasteiger partial charge on any atom is 0.00773 e. The van der Waals surface area contributed by atoms with Crippen molar-refractivity contribution in [1.82, 2.24) is 0 Å². The van der Waals surface area contributed by atoms with Gasteiger partial charge in [-0.1, -0.05) is 20.3 Å². The Labute approximate surface area is 73.3 Å². The minimum atomic E-state index is 1.20. The molecule has 1 heteroatoms. The molecule has 11 heavy (non-hydrogen) atoms. The topological polar surface area (TPSA) is 0 Å². The molecule has 0 aliphatic heterocycles. The predicted octanol–water partition coefficient (Wildman–Crippen LogP) is 3.57. The fourth-order valence-corrected chi connectivity index (χ4v) is 2.42. The van der Waals surface area contributed by atoms with E-state index in [0.29, 0.717) is 0 Å². The van der Waals surface area contributed by atoms with E-state index < -0.39 is 0 Å². The van der Waals surface area contributed by atoms with E-state index in [1.54, 1.807) is 10.4 Å². The molecule has 0 aromatic carbocycles. The molecular formula is C10H16S. The van der Waals surface area contributed by atoms with E-state index in [4.69, 9.17) is 0 Å². The lowest BCUT2D eigenvalue weighted by molar-refractivity contribution is 0.910. The first kappa shape index (κ1) is 8.79. The van der Waals surface area contributed by atoms with Crippen molar-refractivity contribution < 1.29 is 0 Å². The van der Waals surface area contributed by atoms with Gasteiger partial charge in [0.1, 0.15) is 0 Å². The Kier molecular flexibility index (Phi) is 3.13. The molecule has 1 rings (SSSR count). The van der Waals surface area contributed by atoms with Crippen molar-refractivity contribution >= 4 is 11.3 Å². The van der Waals surface area contributed by atoms with Crippen LogP contribution in [0.5, 0.6) is 0 Å². The van der Waals surface area contributed by atoms with Gasteiger partial charge in [0, 0.05) is 9.75 Å². The van der Waals surface area contributed by atoms with Crippen LogP contribution in [0.15, 0.2) is 6.07 Å². The monoisotopic (exact) mass is 168 g/mol. The van der Waals surface area contributed by atoms with Gasteiger partial charge in [-0.05, 0) is 31.4 Å². The molecule has 1 heterocycles. The quantitative estimate of drug-likeness (QED) is 0.647. The summed E-state index contributed by atoms with van der Waals surface area (Å²) in [6, 6.07) is 2.34. The fraction of sp³-hybridized carbons (Fsp3) is 0.600. The summed E-state index contributed by atoms with van der Waals surface area (Å²) in [5.41, 5.74) is 1.58. The highest BCUT2D eigenvalue weighted by Gasteiger charge is 2.02. The van der Waals surface area contributed by atoms with Crippen LogP contribution in [0.4, 0.5) is 0 Å². The van der Waals surface area contributed by atoms with Crippen LogP contribution in [0.3, 0.4) is 0 Å². The van der Waals surface area contributed by atoms with Gasteiger partial charge in [-0.25, -0.2) is 0 Å². The maximum atomic E-state index is 2.34. The van der Waals surface area contributed by atoms with Gasteiger partial charge in [0.2, 0.25) is 0 Å². The molecule has 0 nitrogen and oxygen atoms in total. The van der Waals surface area contributed by atoms with Crippen molar-refractivity contribution in [3.8, 4) is 0 Å². The van der Waals surface area contributed by atoms with E-state index in [0.717, 1.165) is 0 Å². The summed E-state index contributed by atoms with van der Waals surface area (Å²) in [4.78, 5) is 3.05. The molecule has 0 N–H and O–H groups in total. The number of hydrogen-bond donors (Lipinski definition) is 0. The van der Waals surface area contributed by atoms with E-state index >= 15 is 0 Å². The molecule has 0 fully saturated rings. The third-order valence-corrected chi connectivity index (χ3v) is 3.10. The first-order chi connectivity index (χ1) is 5.27. The summed E-state index contributed by atoms with van der Waals surface area (Å²) in [7, 11) is 0. The first-order valence-electron chi connectivity index (χ1n) is 4.36. The summed E-state index contributed by atoms with van der Waals surface area (Å²) in [6.07, 6.45) is 3.73. The van der Waals surface area contributed by atoms with Gasteiger partial charge in [-0.15, -0.1) is 11.3 Å². The average Bonchev–Trinajstić information content (AvgIpc) is 2.32. The molecule has 1 aromatic heterocycles. The summed E-state index contributed by atoms with van der Waals surface area (Å²) in [5, 5.41) is 0. The lowest BCUT2D eigenvalue weighted by atomic mass is 10.1. The third kappa shape index (κ3) is 2.06. The summed E-state index contributed by atoms with van der Waals surface area (Å²) >= 11 is 1.95. The zero-order valence-electron chi connectivity index (χ0n) is 7.61. The zero-order chi connectivity index (χ0) is 8.27. The molecule has 0 aliphatic carbocycles. The highest BCUT2D eigenvalue weighted by molar-refractivity contribution is 7.12. The Bertz CT molecular complexity index is 223. The van der Waals surface area contributed by atoms with Crippen LogP contribution in [0.1, 0.15) is 35.6 Å². The lowest BCUT2D eigenvalue weighted by Gasteiger charge is -1.96. The number of aryl methyl sites for hydroxylation is 3. The Morgan fingerprint density at radius 3 is 2.64 bits per heavy atom. The molecule has 0 amide bonds. The molecule has 0 radical (unpaired) electrons. The zero-order valence-corrected chi connectivity index (χ0v) is 8.42. The Morgan fingerprint density at radius 1 is 1.36 bits per heavy atom. The van der Waals surface area contributed by atoms with Crippen molar-refractivity contribution in [2.45, 2.75) is 40.0 Å². The minimum Gasteiger partial charge on any atom is -0.145 e. The second-order valence-electron chi connectivity index (χ2n) is 2.91. The van der Waals surface area contributed by atoms with Gasteiger partial charge in [0.25, 0.3) is 0 Å². The molecule has 0 spiro atoms. The molecule has 0 atom stereocenters. The van der Waals surface area contributed by atoms with Gasteiger partial charge in [0.05, 0.1) is 0 Å². The predicted molar refractivity (Wildman–Crippen MR) is 52.4 cm³/mol. The average molecular weight is 168 g/mol. The Balaban J connectivity index is 2.83. The second-order valence-corrected chi connectivity index (χ2v) is 4.25. The van der Waals surface area contributed by atoms with Crippen LogP contribution < -0.4 is 0 Å². The number of hydrogen-bond acceptors (Lipinski definition) is 1. The van der Waals surface area contributed by atoms with Crippen molar-refractivity contribution in [2.75, 3.05) is 0 Å². The van der Waals surface area contributed by atoms with Crippen molar-refractivity contribution in [3.05, 3.63) is 21.4 Å². The highest BCUT2D eigenvalue weighted by atomic mass is 32.1. The Morgan fingerprint density at radius 2 is 2.09 bits per heavy atom. The standard InChI is InChI=1S/C10H16S/c1-4-6-9-7-8(3)11-10(9)5-2/h7H,4-6H2,1-3H3. The summed E-state index contributed by atoms with van der Waals surface area (Å²) in [6.45, 7) is 6.68. The second kappa shape index (κ2) is 3.91.